The molecule has 0 bridgehead atoms. The summed E-state index contributed by atoms with van der Waals surface area (Å²) in [6.45, 7) is 1.15. The van der Waals surface area contributed by atoms with Crippen LogP contribution in [0, 0.1) is 5.92 Å². The van der Waals surface area contributed by atoms with E-state index in [9.17, 15) is 8.42 Å². The molecule has 0 spiro atoms. The molecule has 0 radical (unpaired) electrons. The third-order valence-electron chi connectivity index (χ3n) is 3.12. The molecule has 1 aromatic rings. The molecule has 0 saturated carbocycles. The van der Waals surface area contributed by atoms with Crippen molar-refractivity contribution in [1.82, 2.24) is 9.03 Å². The highest BCUT2D eigenvalue weighted by Crippen LogP contribution is 2.18. The van der Waals surface area contributed by atoms with Gasteiger partial charge in [0.15, 0.2) is 0 Å². The zero-order chi connectivity index (χ0) is 13.0. The smallest absolute Gasteiger partial charge is 0.279 e. The van der Waals surface area contributed by atoms with Gasteiger partial charge in [0.25, 0.3) is 10.2 Å². The number of aliphatic hydroxyl groups is 1. The Labute approximate surface area is 107 Å². The van der Waals surface area contributed by atoms with Gasteiger partial charge in [-0.25, -0.2) is 0 Å². The van der Waals surface area contributed by atoms with Crippen molar-refractivity contribution in [2.45, 2.75) is 19.4 Å². The molecule has 102 valence electrons. The molecule has 18 heavy (non-hydrogen) atoms. The van der Waals surface area contributed by atoms with Gasteiger partial charge in [-0.3, -0.25) is 0 Å². The highest BCUT2D eigenvalue weighted by Gasteiger charge is 2.28. The number of aliphatic hydroxyl groups excluding tert-OH is 1. The molecular weight excluding hydrogens is 256 g/mol. The van der Waals surface area contributed by atoms with Gasteiger partial charge in [-0.05, 0) is 24.8 Å². The van der Waals surface area contributed by atoms with Crippen LogP contribution in [0.15, 0.2) is 23.0 Å². The molecule has 1 atom stereocenters. The van der Waals surface area contributed by atoms with Crippen LogP contribution in [0.3, 0.4) is 0 Å². The van der Waals surface area contributed by atoms with Gasteiger partial charge in [-0.2, -0.15) is 17.4 Å². The van der Waals surface area contributed by atoms with Crippen molar-refractivity contribution in [1.29, 1.82) is 0 Å². The van der Waals surface area contributed by atoms with E-state index in [0.29, 0.717) is 13.1 Å². The molecule has 1 aromatic heterocycles. The Kier molecular flexibility index (Phi) is 4.39. The first kappa shape index (κ1) is 13.5. The van der Waals surface area contributed by atoms with Crippen molar-refractivity contribution in [2.75, 3.05) is 19.7 Å². The second-order valence-electron chi connectivity index (χ2n) is 4.51. The van der Waals surface area contributed by atoms with Gasteiger partial charge < -0.3 is 9.52 Å². The minimum atomic E-state index is -3.47. The molecule has 1 saturated heterocycles. The number of nitrogens with one attached hydrogen (secondary N) is 1. The van der Waals surface area contributed by atoms with Crippen LogP contribution >= 0.6 is 0 Å². The molecule has 7 heteroatoms. The number of furan rings is 1. The third-order valence-corrected chi connectivity index (χ3v) is 4.64. The van der Waals surface area contributed by atoms with Gasteiger partial charge in [0.05, 0.1) is 12.5 Å². The number of piperidine rings is 1. The highest BCUT2D eigenvalue weighted by atomic mass is 32.2. The summed E-state index contributed by atoms with van der Waals surface area (Å²) in [6, 6.07) is 1.72. The maximum atomic E-state index is 12.0. The zero-order valence-corrected chi connectivity index (χ0v) is 10.9. The van der Waals surface area contributed by atoms with E-state index in [4.69, 9.17) is 9.52 Å². The first-order valence-electron chi connectivity index (χ1n) is 5.98. The van der Waals surface area contributed by atoms with Crippen LogP contribution in [0.2, 0.25) is 0 Å². The SMILES string of the molecule is O=S(=O)(NCc1ccoc1)N1CCCC(CO)C1. The number of hydrogen-bond acceptors (Lipinski definition) is 4. The van der Waals surface area contributed by atoms with E-state index < -0.39 is 10.2 Å². The van der Waals surface area contributed by atoms with Gasteiger partial charge in [-0.15, -0.1) is 0 Å². The molecule has 1 aliphatic rings. The summed E-state index contributed by atoms with van der Waals surface area (Å²) in [7, 11) is -3.47. The molecule has 0 aromatic carbocycles. The molecular formula is C11H18N2O4S. The average Bonchev–Trinajstić information content (AvgIpc) is 2.90. The largest absolute Gasteiger partial charge is 0.472 e. The van der Waals surface area contributed by atoms with Crippen LogP contribution < -0.4 is 4.72 Å². The predicted molar refractivity (Wildman–Crippen MR) is 65.9 cm³/mol. The van der Waals surface area contributed by atoms with Crippen LogP contribution in [0.5, 0.6) is 0 Å². The third kappa shape index (κ3) is 3.32. The molecule has 0 aliphatic carbocycles. The Bertz CT molecular complexity index is 457. The second kappa shape index (κ2) is 5.83. The summed E-state index contributed by atoms with van der Waals surface area (Å²) < 4.78 is 32.9. The van der Waals surface area contributed by atoms with Gasteiger partial charge in [0, 0.05) is 31.8 Å². The lowest BCUT2D eigenvalue weighted by molar-refractivity contribution is 0.164. The Hall–Kier alpha value is -0.890. The first-order valence-corrected chi connectivity index (χ1v) is 7.42. The highest BCUT2D eigenvalue weighted by molar-refractivity contribution is 7.87. The monoisotopic (exact) mass is 274 g/mol. The van der Waals surface area contributed by atoms with Crippen molar-refractivity contribution >= 4 is 10.2 Å². The molecule has 1 aliphatic heterocycles. The van der Waals surface area contributed by atoms with Crippen LogP contribution in [0.25, 0.3) is 0 Å². The summed E-state index contributed by atoms with van der Waals surface area (Å²) in [5.41, 5.74) is 0.786. The molecule has 1 unspecified atom stereocenters. The lowest BCUT2D eigenvalue weighted by Crippen LogP contribution is -2.46. The number of hydrogen-bond donors (Lipinski definition) is 2. The normalized spacial score (nSPS) is 22.2. The summed E-state index contributed by atoms with van der Waals surface area (Å²) in [4.78, 5) is 0. The topological polar surface area (TPSA) is 82.8 Å². The van der Waals surface area contributed by atoms with Crippen LogP contribution in [-0.4, -0.2) is 37.5 Å². The van der Waals surface area contributed by atoms with Crippen molar-refractivity contribution < 1.29 is 17.9 Å². The summed E-state index contributed by atoms with van der Waals surface area (Å²) in [5.74, 6) is 0.0456. The summed E-state index contributed by atoms with van der Waals surface area (Å²) in [5, 5.41) is 9.10. The predicted octanol–water partition coefficient (Wildman–Crippen LogP) is 0.318. The summed E-state index contributed by atoms with van der Waals surface area (Å²) in [6.07, 6.45) is 4.68. The van der Waals surface area contributed by atoms with Gasteiger partial charge in [0.2, 0.25) is 0 Å². The fraction of sp³-hybridized carbons (Fsp3) is 0.636. The van der Waals surface area contributed by atoms with Crippen molar-refractivity contribution in [3.63, 3.8) is 0 Å². The maximum Gasteiger partial charge on any atom is 0.279 e. The quantitative estimate of drug-likeness (QED) is 0.810. The first-order chi connectivity index (χ1) is 8.62. The van der Waals surface area contributed by atoms with E-state index in [1.54, 1.807) is 6.07 Å². The molecule has 0 amide bonds. The van der Waals surface area contributed by atoms with Crippen molar-refractivity contribution in [3.05, 3.63) is 24.2 Å². The van der Waals surface area contributed by atoms with E-state index in [1.165, 1.54) is 16.8 Å². The average molecular weight is 274 g/mol. The van der Waals surface area contributed by atoms with Gasteiger partial charge in [0.1, 0.15) is 0 Å². The Morgan fingerprint density at radius 2 is 2.39 bits per heavy atom. The van der Waals surface area contributed by atoms with Crippen molar-refractivity contribution in [3.8, 4) is 0 Å². The van der Waals surface area contributed by atoms with Crippen LogP contribution in [-0.2, 0) is 16.8 Å². The lowest BCUT2D eigenvalue weighted by atomic mass is 10.0. The number of rotatable bonds is 5. The van der Waals surface area contributed by atoms with Crippen LogP contribution in [0.1, 0.15) is 18.4 Å². The minimum Gasteiger partial charge on any atom is -0.472 e. The zero-order valence-electron chi connectivity index (χ0n) is 10.1. The molecule has 6 nitrogen and oxygen atoms in total. The van der Waals surface area contributed by atoms with E-state index in [2.05, 4.69) is 4.72 Å². The Balaban J connectivity index is 1.93. The maximum absolute atomic E-state index is 12.0. The van der Waals surface area contributed by atoms with E-state index in [-0.39, 0.29) is 19.1 Å². The Morgan fingerprint density at radius 3 is 3.06 bits per heavy atom. The minimum absolute atomic E-state index is 0.0355. The fourth-order valence-electron chi connectivity index (χ4n) is 2.05. The van der Waals surface area contributed by atoms with E-state index >= 15 is 0 Å². The van der Waals surface area contributed by atoms with Gasteiger partial charge >= 0.3 is 0 Å². The van der Waals surface area contributed by atoms with Gasteiger partial charge in [-0.1, -0.05) is 0 Å². The Morgan fingerprint density at radius 1 is 1.56 bits per heavy atom. The second-order valence-corrected chi connectivity index (χ2v) is 6.26. The lowest BCUT2D eigenvalue weighted by Gasteiger charge is -2.30. The van der Waals surface area contributed by atoms with E-state index in [0.717, 1.165) is 18.4 Å². The number of nitrogens with zero attached hydrogens (tertiary/aromatic N) is 1. The van der Waals surface area contributed by atoms with E-state index in [1.807, 2.05) is 0 Å². The fourth-order valence-corrected chi connectivity index (χ4v) is 3.36. The molecule has 1 fully saturated rings. The molecule has 2 rings (SSSR count). The van der Waals surface area contributed by atoms with Crippen LogP contribution in [0.4, 0.5) is 0 Å². The standard InChI is InChI=1S/C11H18N2O4S/c14-8-11-2-1-4-13(7-11)18(15,16)12-6-10-3-5-17-9-10/h3,5,9,11-12,14H,1-2,4,6-8H2. The molecule has 2 N–H and O–H groups in total. The molecule has 2 heterocycles. The van der Waals surface area contributed by atoms with Crippen molar-refractivity contribution in [2.24, 2.45) is 5.92 Å². The summed E-state index contributed by atoms with van der Waals surface area (Å²) >= 11 is 0.